The average molecular weight is 357 g/mol. The summed E-state index contributed by atoms with van der Waals surface area (Å²) in [6.07, 6.45) is 0.0339. The zero-order valence-electron chi connectivity index (χ0n) is 10.4. The Morgan fingerprint density at radius 3 is 2.40 bits per heavy atom. The summed E-state index contributed by atoms with van der Waals surface area (Å²) in [5, 5.41) is 0. The Balaban J connectivity index is 1.94. The van der Waals surface area contributed by atoms with E-state index in [2.05, 4.69) is 15.9 Å². The fraction of sp³-hybridized carbons (Fsp3) is 0.133. The van der Waals surface area contributed by atoms with Crippen LogP contribution in [0.3, 0.4) is 0 Å². The smallest absolute Gasteiger partial charge is 0.147 e. The minimum absolute atomic E-state index is 0.0339. The van der Waals surface area contributed by atoms with Crippen molar-refractivity contribution in [2.75, 3.05) is 5.75 Å². The normalized spacial score (nSPS) is 10.6. The molecule has 0 radical (unpaired) electrons. The van der Waals surface area contributed by atoms with Crippen LogP contribution in [0.2, 0.25) is 0 Å². The van der Waals surface area contributed by atoms with Crippen LogP contribution in [0.1, 0.15) is 5.56 Å². The predicted octanol–water partition coefficient (Wildman–Crippen LogP) is 4.63. The molecule has 0 aliphatic carbocycles. The van der Waals surface area contributed by atoms with Gasteiger partial charge in [0.1, 0.15) is 17.4 Å². The molecule has 0 aliphatic rings. The lowest BCUT2D eigenvalue weighted by Crippen LogP contribution is -2.06. The van der Waals surface area contributed by atoms with Crippen molar-refractivity contribution in [3.8, 4) is 0 Å². The summed E-state index contributed by atoms with van der Waals surface area (Å²) in [6.45, 7) is 0. The van der Waals surface area contributed by atoms with Crippen molar-refractivity contribution in [3.05, 3.63) is 64.1 Å². The molecular weight excluding hydrogens is 346 g/mol. The number of Topliss-reactive ketones (excluding diaryl/α,β-unsaturated/α-hetero) is 1. The van der Waals surface area contributed by atoms with Crippen molar-refractivity contribution in [2.24, 2.45) is 0 Å². The molecule has 1 nitrogen and oxygen atoms in total. The first kappa shape index (κ1) is 15.2. The van der Waals surface area contributed by atoms with Crippen LogP contribution in [-0.4, -0.2) is 11.5 Å². The van der Waals surface area contributed by atoms with E-state index in [1.54, 1.807) is 0 Å². The van der Waals surface area contributed by atoms with Gasteiger partial charge >= 0.3 is 0 Å². The van der Waals surface area contributed by atoms with Gasteiger partial charge in [-0.15, -0.1) is 11.8 Å². The van der Waals surface area contributed by atoms with Crippen molar-refractivity contribution in [2.45, 2.75) is 11.3 Å². The Hall–Kier alpha value is -1.20. The van der Waals surface area contributed by atoms with Crippen molar-refractivity contribution in [1.82, 2.24) is 0 Å². The highest BCUT2D eigenvalue weighted by molar-refractivity contribution is 9.10. The maximum absolute atomic E-state index is 13.0. The van der Waals surface area contributed by atoms with Crippen LogP contribution in [0.15, 0.2) is 51.8 Å². The van der Waals surface area contributed by atoms with Gasteiger partial charge < -0.3 is 0 Å². The largest absolute Gasteiger partial charge is 0.298 e. The lowest BCUT2D eigenvalue weighted by Gasteiger charge is -2.04. The number of halogens is 3. The van der Waals surface area contributed by atoms with Crippen LogP contribution >= 0.6 is 27.7 Å². The van der Waals surface area contributed by atoms with Gasteiger partial charge in [0.05, 0.1) is 5.75 Å². The summed E-state index contributed by atoms with van der Waals surface area (Å²) in [6, 6.07) is 10.8. The second-order valence-corrected chi connectivity index (χ2v) is 6.08. The number of hydrogen-bond donors (Lipinski definition) is 0. The summed E-state index contributed by atoms with van der Waals surface area (Å²) >= 11 is 4.80. The monoisotopic (exact) mass is 356 g/mol. The van der Waals surface area contributed by atoms with Gasteiger partial charge in [-0.3, -0.25) is 4.79 Å². The fourth-order valence-electron chi connectivity index (χ4n) is 1.71. The summed E-state index contributed by atoms with van der Waals surface area (Å²) in [4.78, 5) is 12.8. The quantitative estimate of drug-likeness (QED) is 0.726. The first-order valence-electron chi connectivity index (χ1n) is 5.88. The zero-order chi connectivity index (χ0) is 14.5. The maximum atomic E-state index is 13.0. The highest BCUT2D eigenvalue weighted by Crippen LogP contribution is 2.27. The SMILES string of the molecule is O=C(CSc1ccccc1Br)Cc1cc(F)cc(F)c1. The highest BCUT2D eigenvalue weighted by Gasteiger charge is 2.08. The van der Waals surface area contributed by atoms with Gasteiger partial charge in [0, 0.05) is 21.9 Å². The Labute approximate surface area is 128 Å². The molecule has 2 rings (SSSR count). The van der Waals surface area contributed by atoms with Crippen LogP contribution in [0.25, 0.3) is 0 Å². The van der Waals surface area contributed by atoms with E-state index in [-0.39, 0.29) is 18.0 Å². The van der Waals surface area contributed by atoms with Gasteiger partial charge in [0.2, 0.25) is 0 Å². The number of rotatable bonds is 5. The first-order chi connectivity index (χ1) is 9.54. The third-order valence-electron chi connectivity index (χ3n) is 2.55. The summed E-state index contributed by atoms with van der Waals surface area (Å²) < 4.78 is 27.0. The van der Waals surface area contributed by atoms with E-state index in [9.17, 15) is 13.6 Å². The number of benzene rings is 2. The summed E-state index contributed by atoms with van der Waals surface area (Å²) in [7, 11) is 0. The van der Waals surface area contributed by atoms with Crippen LogP contribution in [0, 0.1) is 11.6 Å². The van der Waals surface area contributed by atoms with E-state index in [1.165, 1.54) is 23.9 Å². The van der Waals surface area contributed by atoms with E-state index < -0.39 is 11.6 Å². The van der Waals surface area contributed by atoms with Crippen LogP contribution in [0.4, 0.5) is 8.78 Å². The van der Waals surface area contributed by atoms with Crippen molar-refractivity contribution >= 4 is 33.5 Å². The molecule has 0 bridgehead atoms. The maximum Gasteiger partial charge on any atom is 0.147 e. The highest BCUT2D eigenvalue weighted by atomic mass is 79.9. The van der Waals surface area contributed by atoms with Gasteiger partial charge in [-0.1, -0.05) is 12.1 Å². The molecule has 0 aliphatic heterocycles. The van der Waals surface area contributed by atoms with Gasteiger partial charge in [-0.05, 0) is 45.8 Å². The molecule has 0 spiro atoms. The van der Waals surface area contributed by atoms with Crippen LogP contribution in [-0.2, 0) is 11.2 Å². The average Bonchev–Trinajstić information content (AvgIpc) is 2.36. The number of thioether (sulfide) groups is 1. The van der Waals surface area contributed by atoms with E-state index in [0.717, 1.165) is 15.4 Å². The summed E-state index contributed by atoms with van der Waals surface area (Å²) in [5.74, 6) is -1.13. The second-order valence-electron chi connectivity index (χ2n) is 4.21. The Morgan fingerprint density at radius 2 is 1.75 bits per heavy atom. The van der Waals surface area contributed by atoms with E-state index >= 15 is 0 Å². The van der Waals surface area contributed by atoms with Crippen molar-refractivity contribution in [1.29, 1.82) is 0 Å². The number of ketones is 1. The van der Waals surface area contributed by atoms with E-state index in [0.29, 0.717) is 5.56 Å². The molecule has 2 aromatic carbocycles. The van der Waals surface area contributed by atoms with Gasteiger partial charge in [0.15, 0.2) is 0 Å². The Bertz CT molecular complexity index is 611. The molecule has 0 saturated carbocycles. The molecule has 0 N–H and O–H groups in total. The second kappa shape index (κ2) is 6.99. The minimum atomic E-state index is -0.661. The first-order valence-corrected chi connectivity index (χ1v) is 7.66. The Kier molecular flexibility index (Phi) is 5.31. The topological polar surface area (TPSA) is 17.1 Å². The third-order valence-corrected chi connectivity index (χ3v) is 4.64. The Morgan fingerprint density at radius 1 is 1.10 bits per heavy atom. The van der Waals surface area contributed by atoms with Gasteiger partial charge in [-0.2, -0.15) is 0 Å². The molecule has 0 atom stereocenters. The molecule has 20 heavy (non-hydrogen) atoms. The van der Waals surface area contributed by atoms with Crippen LogP contribution in [0.5, 0.6) is 0 Å². The molecule has 2 aromatic rings. The molecule has 0 unspecified atom stereocenters. The number of carbonyl (C=O) groups is 1. The van der Waals surface area contributed by atoms with Gasteiger partial charge in [-0.25, -0.2) is 8.78 Å². The lowest BCUT2D eigenvalue weighted by atomic mass is 10.1. The van der Waals surface area contributed by atoms with E-state index in [4.69, 9.17) is 0 Å². The molecule has 0 aromatic heterocycles. The molecule has 0 saturated heterocycles. The van der Waals surface area contributed by atoms with Crippen molar-refractivity contribution in [3.63, 3.8) is 0 Å². The molecule has 104 valence electrons. The molecule has 0 heterocycles. The molecule has 5 heteroatoms. The molecule has 0 fully saturated rings. The van der Waals surface area contributed by atoms with Gasteiger partial charge in [0.25, 0.3) is 0 Å². The standard InChI is InChI=1S/C15H11BrF2OS/c16-14-3-1-2-4-15(14)20-9-13(19)7-10-5-11(17)8-12(18)6-10/h1-6,8H,7,9H2. The number of hydrogen-bond acceptors (Lipinski definition) is 2. The van der Waals surface area contributed by atoms with E-state index in [1.807, 2.05) is 24.3 Å². The number of carbonyl (C=O) groups excluding carboxylic acids is 1. The predicted molar refractivity (Wildman–Crippen MR) is 79.9 cm³/mol. The fourth-order valence-corrected chi connectivity index (χ4v) is 3.14. The van der Waals surface area contributed by atoms with Crippen LogP contribution < -0.4 is 0 Å². The zero-order valence-corrected chi connectivity index (χ0v) is 12.8. The third kappa shape index (κ3) is 4.42. The lowest BCUT2D eigenvalue weighted by molar-refractivity contribution is -0.116. The molecular formula is C15H11BrF2OS. The molecule has 0 amide bonds. The summed E-state index contributed by atoms with van der Waals surface area (Å²) in [5.41, 5.74) is 0.361. The van der Waals surface area contributed by atoms with Crippen molar-refractivity contribution < 1.29 is 13.6 Å². The minimum Gasteiger partial charge on any atom is -0.298 e.